The maximum atomic E-state index is 9.55. The predicted molar refractivity (Wildman–Crippen MR) is 129 cm³/mol. The van der Waals surface area contributed by atoms with Gasteiger partial charge < -0.3 is 21.1 Å². The number of unbranched alkanes of at least 4 members (excludes halogenated alkanes) is 1. The molecule has 1 aliphatic rings. The second-order valence-electron chi connectivity index (χ2n) is 8.35. The molecule has 1 saturated carbocycles. The average molecular weight is 464 g/mol. The molecule has 0 spiro atoms. The van der Waals surface area contributed by atoms with Gasteiger partial charge in [0, 0.05) is 29.0 Å². The summed E-state index contributed by atoms with van der Waals surface area (Å²) in [6.07, 6.45) is 14.5. The van der Waals surface area contributed by atoms with E-state index in [1.165, 1.54) is 49.8 Å². The van der Waals surface area contributed by atoms with E-state index in [1.54, 1.807) is 11.3 Å². The number of aliphatic hydroxyl groups excluding tert-OH is 1. The van der Waals surface area contributed by atoms with Crippen molar-refractivity contribution in [3.05, 3.63) is 34.0 Å². The summed E-state index contributed by atoms with van der Waals surface area (Å²) in [5.74, 6) is 5.11. The van der Waals surface area contributed by atoms with Crippen LogP contribution in [0.15, 0.2) is 24.3 Å². The van der Waals surface area contributed by atoms with Crippen molar-refractivity contribution in [2.45, 2.75) is 83.1 Å². The van der Waals surface area contributed by atoms with E-state index in [4.69, 9.17) is 15.9 Å². The molecule has 5 N–H and O–H groups in total. The second-order valence-corrected chi connectivity index (χ2v) is 9.52. The number of aryl methyl sites for hydroxylation is 1. The van der Waals surface area contributed by atoms with Crippen molar-refractivity contribution < 1.29 is 24.9 Å². The number of rotatable bonds is 10. The van der Waals surface area contributed by atoms with Crippen molar-refractivity contribution >= 4 is 23.3 Å². The van der Waals surface area contributed by atoms with Crippen LogP contribution in [-0.4, -0.2) is 39.4 Å². The molecule has 32 heavy (non-hydrogen) atoms. The highest BCUT2D eigenvalue weighted by Gasteiger charge is 2.21. The quantitative estimate of drug-likeness (QED) is 0.229. The van der Waals surface area contributed by atoms with Crippen molar-refractivity contribution in [2.75, 3.05) is 6.61 Å². The van der Waals surface area contributed by atoms with Gasteiger partial charge >= 0.3 is 11.9 Å². The summed E-state index contributed by atoms with van der Waals surface area (Å²) in [6, 6.07) is 4.28. The van der Waals surface area contributed by atoms with Crippen LogP contribution in [0.2, 0.25) is 0 Å². The predicted octanol–water partition coefficient (Wildman–Crippen LogP) is 4.59. The minimum atomic E-state index is -1.26. The summed E-state index contributed by atoms with van der Waals surface area (Å²) in [5.41, 5.74) is 5.72. The lowest BCUT2D eigenvalue weighted by molar-refractivity contribution is -0.134. The average Bonchev–Trinajstić information content (AvgIpc) is 3.25. The van der Waals surface area contributed by atoms with Crippen molar-refractivity contribution in [1.29, 1.82) is 0 Å². The number of hydrogen-bond acceptors (Lipinski definition) is 5. The fourth-order valence-electron chi connectivity index (χ4n) is 3.57. The first-order chi connectivity index (χ1) is 15.3. The number of thiophene rings is 1. The summed E-state index contributed by atoms with van der Waals surface area (Å²) in [5, 5.41) is 25.0. The number of nitrogens with two attached hydrogens (primary N) is 1. The Morgan fingerprint density at radius 2 is 1.84 bits per heavy atom. The van der Waals surface area contributed by atoms with Crippen LogP contribution in [0.25, 0.3) is 0 Å². The monoisotopic (exact) mass is 463 g/mol. The maximum Gasteiger partial charge on any atom is 0.328 e. The zero-order valence-electron chi connectivity index (χ0n) is 19.0. The van der Waals surface area contributed by atoms with E-state index in [-0.39, 0.29) is 6.61 Å². The molecule has 6 nitrogen and oxygen atoms in total. The summed E-state index contributed by atoms with van der Waals surface area (Å²) >= 11 is 1.77. The lowest BCUT2D eigenvalue weighted by atomic mass is 9.86. The molecule has 1 aromatic rings. The van der Waals surface area contributed by atoms with Gasteiger partial charge in [-0.2, -0.15) is 0 Å². The normalized spacial score (nSPS) is 15.8. The molecule has 1 atom stereocenters. The largest absolute Gasteiger partial charge is 0.478 e. The third-order valence-corrected chi connectivity index (χ3v) is 6.83. The molecule has 178 valence electrons. The molecule has 1 fully saturated rings. The number of hydrogen-bond donors (Lipinski definition) is 4. The molecule has 1 heterocycles. The summed E-state index contributed by atoms with van der Waals surface area (Å²) in [6.45, 7) is 2.09. The Kier molecular flexibility index (Phi) is 13.6. The van der Waals surface area contributed by atoms with Gasteiger partial charge in [-0.1, -0.05) is 50.9 Å². The van der Waals surface area contributed by atoms with Gasteiger partial charge in [0.05, 0.1) is 11.5 Å². The molecule has 7 heteroatoms. The molecule has 1 aliphatic carbocycles. The van der Waals surface area contributed by atoms with E-state index in [0.717, 1.165) is 36.5 Å². The van der Waals surface area contributed by atoms with E-state index in [2.05, 4.69) is 24.0 Å². The number of aliphatic carboxylic acids is 2. The lowest BCUT2D eigenvalue weighted by Gasteiger charge is -2.25. The van der Waals surface area contributed by atoms with Crippen LogP contribution in [0.4, 0.5) is 0 Å². The van der Waals surface area contributed by atoms with Gasteiger partial charge in [-0.25, -0.2) is 9.59 Å². The SMILES string of the molecule is CCC(N)(CO)CCc1ccc(C#CCCCC2CCCCC2)s1.O=C(O)C=CC(=O)O. The molecule has 0 bridgehead atoms. The first-order valence-corrected chi connectivity index (χ1v) is 12.2. The Balaban J connectivity index is 0.000000547. The number of aliphatic hydroxyl groups is 1. The second kappa shape index (κ2) is 15.6. The molecular weight excluding hydrogens is 426 g/mol. The molecular formula is C25H37NO5S. The van der Waals surface area contributed by atoms with Crippen molar-refractivity contribution in [1.82, 2.24) is 0 Å². The Morgan fingerprint density at radius 3 is 2.41 bits per heavy atom. The Hall–Kier alpha value is -2.14. The highest BCUT2D eigenvalue weighted by Crippen LogP contribution is 2.27. The van der Waals surface area contributed by atoms with Crippen LogP contribution >= 0.6 is 11.3 Å². The fraction of sp³-hybridized carbons (Fsp3) is 0.600. The van der Waals surface area contributed by atoms with Crippen LogP contribution in [0.1, 0.15) is 80.9 Å². The molecule has 0 aliphatic heterocycles. The van der Waals surface area contributed by atoms with Crippen LogP contribution in [0.3, 0.4) is 0 Å². The van der Waals surface area contributed by atoms with E-state index in [0.29, 0.717) is 12.2 Å². The highest BCUT2D eigenvalue weighted by molar-refractivity contribution is 7.12. The standard InChI is InChI=1S/C21H33NOS.C4H4O4/c1-2-21(22,17-23)16-15-20-14-13-19(24-20)12-8-4-7-11-18-9-5-3-6-10-18;5-3(6)1-2-4(7)8/h13-14,18,23H,2-7,9-11,15-17,22H2,1H3;1-2H,(H,5,6)(H,7,8). The first kappa shape index (κ1) is 27.9. The molecule has 1 aromatic heterocycles. The minimum absolute atomic E-state index is 0.0581. The van der Waals surface area contributed by atoms with Crippen LogP contribution in [-0.2, 0) is 16.0 Å². The van der Waals surface area contributed by atoms with Gasteiger partial charge in [0.25, 0.3) is 0 Å². The molecule has 2 rings (SSSR count). The number of carboxylic acid groups (broad SMARTS) is 2. The topological polar surface area (TPSA) is 121 Å². The van der Waals surface area contributed by atoms with E-state index in [1.807, 2.05) is 6.92 Å². The fourth-order valence-corrected chi connectivity index (χ4v) is 4.45. The van der Waals surface area contributed by atoms with Crippen LogP contribution < -0.4 is 5.73 Å². The highest BCUT2D eigenvalue weighted by atomic mass is 32.1. The van der Waals surface area contributed by atoms with Gasteiger partial charge in [-0.15, -0.1) is 11.3 Å². The Labute approximate surface area is 195 Å². The zero-order chi connectivity index (χ0) is 23.8. The lowest BCUT2D eigenvalue weighted by Crippen LogP contribution is -2.43. The van der Waals surface area contributed by atoms with Crippen molar-refractivity contribution in [3.63, 3.8) is 0 Å². The van der Waals surface area contributed by atoms with Crippen molar-refractivity contribution in [3.8, 4) is 11.8 Å². The molecule has 0 amide bonds. The van der Waals surface area contributed by atoms with Gasteiger partial charge in [0.15, 0.2) is 0 Å². The van der Waals surface area contributed by atoms with Crippen molar-refractivity contribution in [2.24, 2.45) is 11.7 Å². The van der Waals surface area contributed by atoms with Gasteiger partial charge in [-0.3, -0.25) is 0 Å². The van der Waals surface area contributed by atoms with E-state index < -0.39 is 17.5 Å². The third-order valence-electron chi connectivity index (χ3n) is 5.77. The third kappa shape index (κ3) is 12.7. The van der Waals surface area contributed by atoms with Gasteiger partial charge in [0.2, 0.25) is 0 Å². The number of carbonyl (C=O) groups is 2. The van der Waals surface area contributed by atoms with Gasteiger partial charge in [-0.05, 0) is 50.2 Å². The summed E-state index contributed by atoms with van der Waals surface area (Å²) < 4.78 is 0. The Morgan fingerprint density at radius 1 is 1.19 bits per heavy atom. The first-order valence-electron chi connectivity index (χ1n) is 11.4. The smallest absolute Gasteiger partial charge is 0.328 e. The van der Waals surface area contributed by atoms with Gasteiger partial charge in [0.1, 0.15) is 0 Å². The molecule has 1 unspecified atom stereocenters. The molecule has 0 aromatic carbocycles. The van der Waals surface area contributed by atoms with Crippen LogP contribution in [0.5, 0.6) is 0 Å². The summed E-state index contributed by atoms with van der Waals surface area (Å²) in [7, 11) is 0. The summed E-state index contributed by atoms with van der Waals surface area (Å²) in [4.78, 5) is 21.6. The molecule has 0 saturated heterocycles. The Bertz CT molecular complexity index is 764. The van der Waals surface area contributed by atoms with E-state index in [9.17, 15) is 14.7 Å². The number of carboxylic acids is 2. The van der Waals surface area contributed by atoms with E-state index >= 15 is 0 Å². The zero-order valence-corrected chi connectivity index (χ0v) is 19.8. The molecule has 0 radical (unpaired) electrons. The maximum absolute atomic E-state index is 9.55. The minimum Gasteiger partial charge on any atom is -0.478 e. The van der Waals surface area contributed by atoms with Crippen LogP contribution in [0, 0.1) is 17.8 Å².